The van der Waals surface area contributed by atoms with Crippen LogP contribution in [0.2, 0.25) is 0 Å². The molecule has 0 bridgehead atoms. The van der Waals surface area contributed by atoms with Crippen LogP contribution in [0.3, 0.4) is 0 Å². The lowest BCUT2D eigenvalue weighted by atomic mass is 10.2. The molecule has 1 aromatic heterocycles. The number of ether oxygens (including phenoxy) is 2. The van der Waals surface area contributed by atoms with Gasteiger partial charge in [0.15, 0.2) is 0 Å². The lowest BCUT2D eigenvalue weighted by Crippen LogP contribution is -2.45. The molecule has 0 unspecified atom stereocenters. The summed E-state index contributed by atoms with van der Waals surface area (Å²) < 4.78 is 13.4. The average molecular weight is 312 g/mol. The van der Waals surface area contributed by atoms with Crippen LogP contribution in [0.4, 0.5) is 0 Å². The van der Waals surface area contributed by atoms with Gasteiger partial charge < -0.3 is 9.47 Å². The van der Waals surface area contributed by atoms with Gasteiger partial charge in [-0.05, 0) is 18.2 Å². The van der Waals surface area contributed by atoms with Gasteiger partial charge in [0.2, 0.25) is 0 Å². The van der Waals surface area contributed by atoms with Crippen molar-refractivity contribution in [2.45, 2.75) is 12.6 Å². The number of para-hydroxylation sites is 1. The molecule has 1 saturated heterocycles. The van der Waals surface area contributed by atoms with Crippen molar-refractivity contribution in [3.8, 4) is 11.8 Å². The molecule has 1 atom stereocenters. The summed E-state index contributed by atoms with van der Waals surface area (Å²) in [6.45, 7) is 4.64. The zero-order valence-electron chi connectivity index (χ0n) is 13.0. The van der Waals surface area contributed by atoms with E-state index < -0.39 is 0 Å². The van der Waals surface area contributed by atoms with Crippen molar-refractivity contribution in [2.75, 3.05) is 32.8 Å². The number of morpholine rings is 1. The fourth-order valence-corrected chi connectivity index (χ4v) is 2.68. The summed E-state index contributed by atoms with van der Waals surface area (Å²) in [7, 11) is 0. The van der Waals surface area contributed by atoms with Crippen LogP contribution in [0.1, 0.15) is 5.56 Å². The highest BCUT2D eigenvalue weighted by Crippen LogP contribution is 2.16. The predicted molar refractivity (Wildman–Crippen MR) is 85.1 cm³/mol. The Labute approximate surface area is 135 Å². The molecule has 2 heterocycles. The Balaban J connectivity index is 1.46. The first kappa shape index (κ1) is 15.5. The van der Waals surface area contributed by atoms with Crippen LogP contribution in [0.5, 0.6) is 5.75 Å². The molecular formula is C17H20N4O2. The Morgan fingerprint density at radius 1 is 1.35 bits per heavy atom. The van der Waals surface area contributed by atoms with Gasteiger partial charge >= 0.3 is 0 Å². The van der Waals surface area contributed by atoms with Crippen molar-refractivity contribution in [3.05, 3.63) is 48.3 Å². The first-order chi connectivity index (χ1) is 11.3. The van der Waals surface area contributed by atoms with Gasteiger partial charge in [-0.25, -0.2) is 0 Å². The molecule has 0 aliphatic carbocycles. The minimum absolute atomic E-state index is 0.148. The van der Waals surface area contributed by atoms with Gasteiger partial charge in [0, 0.05) is 32.0 Å². The second-order valence-electron chi connectivity index (χ2n) is 5.48. The maximum atomic E-state index is 9.06. The Hall–Kier alpha value is -2.36. The number of nitriles is 1. The normalized spacial score (nSPS) is 18.5. The van der Waals surface area contributed by atoms with Gasteiger partial charge in [-0.3, -0.25) is 9.58 Å². The van der Waals surface area contributed by atoms with Crippen molar-refractivity contribution >= 4 is 0 Å². The van der Waals surface area contributed by atoms with Crippen molar-refractivity contribution in [3.63, 3.8) is 0 Å². The Morgan fingerprint density at radius 2 is 2.26 bits per heavy atom. The van der Waals surface area contributed by atoms with Crippen LogP contribution in [0.15, 0.2) is 42.7 Å². The second-order valence-corrected chi connectivity index (χ2v) is 5.48. The van der Waals surface area contributed by atoms with E-state index in [1.807, 2.05) is 35.1 Å². The molecule has 1 aliphatic rings. The summed E-state index contributed by atoms with van der Waals surface area (Å²) in [6, 6.07) is 11.4. The van der Waals surface area contributed by atoms with E-state index in [0.29, 0.717) is 17.9 Å². The fraction of sp³-hybridized carbons (Fsp3) is 0.412. The van der Waals surface area contributed by atoms with Gasteiger partial charge in [-0.1, -0.05) is 12.1 Å². The molecule has 1 fully saturated rings. The third-order valence-corrected chi connectivity index (χ3v) is 3.85. The van der Waals surface area contributed by atoms with E-state index in [0.717, 1.165) is 32.8 Å². The van der Waals surface area contributed by atoms with Gasteiger partial charge in [0.1, 0.15) is 18.4 Å². The van der Waals surface area contributed by atoms with Crippen molar-refractivity contribution in [1.29, 1.82) is 5.26 Å². The summed E-state index contributed by atoms with van der Waals surface area (Å²) >= 11 is 0. The Bertz CT molecular complexity index is 651. The number of hydrogen-bond acceptors (Lipinski definition) is 5. The van der Waals surface area contributed by atoms with Crippen LogP contribution in [0.25, 0.3) is 0 Å². The molecule has 1 aliphatic heterocycles. The molecule has 120 valence electrons. The lowest BCUT2D eigenvalue weighted by molar-refractivity contribution is -0.0400. The topological polar surface area (TPSA) is 63.3 Å². The summed E-state index contributed by atoms with van der Waals surface area (Å²) in [5.74, 6) is 0.649. The van der Waals surface area contributed by atoms with Crippen LogP contribution in [-0.2, 0) is 11.3 Å². The number of rotatable bonds is 6. The Morgan fingerprint density at radius 3 is 3.09 bits per heavy atom. The van der Waals surface area contributed by atoms with Crippen molar-refractivity contribution in [2.24, 2.45) is 0 Å². The Kier molecular flexibility index (Phi) is 5.25. The zero-order valence-corrected chi connectivity index (χ0v) is 13.0. The molecule has 0 radical (unpaired) electrons. The van der Waals surface area contributed by atoms with Crippen LogP contribution in [0, 0.1) is 11.3 Å². The summed E-state index contributed by atoms with van der Waals surface area (Å²) in [5.41, 5.74) is 0.575. The van der Waals surface area contributed by atoms with E-state index in [9.17, 15) is 0 Å². The molecule has 0 saturated carbocycles. The average Bonchev–Trinajstić information content (AvgIpc) is 3.09. The molecular weight excluding hydrogens is 292 g/mol. The van der Waals surface area contributed by atoms with Gasteiger partial charge in [0.05, 0.1) is 24.8 Å². The van der Waals surface area contributed by atoms with Crippen molar-refractivity contribution < 1.29 is 9.47 Å². The first-order valence-corrected chi connectivity index (χ1v) is 7.78. The minimum Gasteiger partial charge on any atom is -0.491 e. The quantitative estimate of drug-likeness (QED) is 0.809. The number of nitrogens with zero attached hydrogens (tertiary/aromatic N) is 4. The summed E-state index contributed by atoms with van der Waals surface area (Å²) in [5, 5.41) is 13.3. The first-order valence-electron chi connectivity index (χ1n) is 7.78. The van der Waals surface area contributed by atoms with Crippen LogP contribution < -0.4 is 4.74 Å². The number of aromatic nitrogens is 2. The van der Waals surface area contributed by atoms with Gasteiger partial charge in [-0.2, -0.15) is 10.4 Å². The highest BCUT2D eigenvalue weighted by molar-refractivity contribution is 5.42. The molecule has 0 spiro atoms. The fourth-order valence-electron chi connectivity index (χ4n) is 2.68. The minimum atomic E-state index is 0.148. The van der Waals surface area contributed by atoms with Crippen LogP contribution >= 0.6 is 0 Å². The predicted octanol–water partition coefficient (Wildman–Crippen LogP) is 1.53. The van der Waals surface area contributed by atoms with Crippen molar-refractivity contribution in [1.82, 2.24) is 14.7 Å². The van der Waals surface area contributed by atoms with E-state index in [-0.39, 0.29) is 6.10 Å². The highest BCUT2D eigenvalue weighted by atomic mass is 16.5. The molecule has 23 heavy (non-hydrogen) atoms. The van der Waals surface area contributed by atoms with E-state index >= 15 is 0 Å². The van der Waals surface area contributed by atoms with E-state index in [1.54, 1.807) is 12.3 Å². The number of hydrogen-bond donors (Lipinski definition) is 0. The molecule has 6 nitrogen and oxygen atoms in total. The molecule has 6 heteroatoms. The summed E-state index contributed by atoms with van der Waals surface area (Å²) in [6.07, 6.45) is 3.88. The smallest absolute Gasteiger partial charge is 0.137 e. The van der Waals surface area contributed by atoms with E-state index in [4.69, 9.17) is 14.7 Å². The standard InChI is InChI=1S/C17H20N4O2/c18-12-15-4-1-2-5-17(15)23-11-9-20-8-10-22-16(13-20)14-21-7-3-6-19-21/h1-7,16H,8-11,13-14H2/t16-/m1/s1. The van der Waals surface area contributed by atoms with Gasteiger partial charge in [-0.15, -0.1) is 0 Å². The highest BCUT2D eigenvalue weighted by Gasteiger charge is 2.20. The lowest BCUT2D eigenvalue weighted by Gasteiger charge is -2.32. The maximum Gasteiger partial charge on any atom is 0.137 e. The van der Waals surface area contributed by atoms with Gasteiger partial charge in [0.25, 0.3) is 0 Å². The molecule has 3 rings (SSSR count). The SMILES string of the molecule is N#Cc1ccccc1OCCN1CCO[C@@H](Cn2cccn2)C1. The van der Waals surface area contributed by atoms with Crippen LogP contribution in [-0.4, -0.2) is 53.6 Å². The third-order valence-electron chi connectivity index (χ3n) is 3.85. The molecule has 0 amide bonds. The van der Waals surface area contributed by atoms with E-state index in [1.165, 1.54) is 0 Å². The largest absolute Gasteiger partial charge is 0.491 e. The summed E-state index contributed by atoms with van der Waals surface area (Å²) in [4.78, 5) is 2.33. The second kappa shape index (κ2) is 7.77. The molecule has 0 N–H and O–H groups in total. The monoisotopic (exact) mass is 312 g/mol. The molecule has 1 aromatic carbocycles. The zero-order chi connectivity index (χ0) is 15.9. The van der Waals surface area contributed by atoms with E-state index in [2.05, 4.69) is 16.1 Å². The maximum absolute atomic E-state index is 9.06. The number of benzene rings is 1. The third kappa shape index (κ3) is 4.31. The molecule has 2 aromatic rings.